The average Bonchev–Trinajstić information content (AvgIpc) is 3.21. The Kier molecular flexibility index (Phi) is 7.59. The largest absolute Gasteiger partial charge is 0.492 e. The number of carbonyl (C=O) groups excluding carboxylic acids is 1. The van der Waals surface area contributed by atoms with E-state index in [0.717, 1.165) is 17.2 Å². The molecular weight excluding hydrogens is 453 g/mol. The summed E-state index contributed by atoms with van der Waals surface area (Å²) in [6, 6.07) is 12.1. The Morgan fingerprint density at radius 1 is 1.07 bits per heavy atom. The van der Waals surface area contributed by atoms with E-state index >= 15 is 0 Å². The van der Waals surface area contributed by atoms with E-state index in [1.165, 1.54) is 0 Å². The summed E-state index contributed by atoms with van der Waals surface area (Å²) >= 11 is 18.2. The maximum absolute atomic E-state index is 11.9. The Labute approximate surface area is 186 Å². The van der Waals surface area contributed by atoms with Crippen LogP contribution in [0.15, 0.2) is 47.8 Å². The van der Waals surface area contributed by atoms with Gasteiger partial charge in [-0.2, -0.15) is 0 Å². The highest BCUT2D eigenvalue weighted by Gasteiger charge is 2.09. The van der Waals surface area contributed by atoms with Crippen molar-refractivity contribution in [3.05, 3.63) is 63.6 Å². The van der Waals surface area contributed by atoms with Gasteiger partial charge >= 0.3 is 0 Å². The molecule has 7 nitrogen and oxygen atoms in total. The Bertz CT molecular complexity index is 964. The number of carbonyl (C=O) groups is 1. The Hall–Kier alpha value is -2.46. The number of hydrogen-bond acceptors (Lipinski definition) is 6. The highest BCUT2D eigenvalue weighted by Crippen LogP contribution is 2.24. The molecule has 1 aromatic heterocycles. The van der Waals surface area contributed by atoms with Gasteiger partial charge in [-0.25, -0.2) is 0 Å². The molecule has 3 aromatic rings. The summed E-state index contributed by atoms with van der Waals surface area (Å²) in [5.41, 5.74) is 1.70. The van der Waals surface area contributed by atoms with E-state index in [0.29, 0.717) is 39.7 Å². The first kappa shape index (κ1) is 21.3. The fraction of sp³-hybridized carbons (Fsp3) is 0.111. The van der Waals surface area contributed by atoms with Crippen LogP contribution in [0.5, 0.6) is 5.75 Å². The lowest BCUT2D eigenvalue weighted by atomic mass is 10.2. The predicted molar refractivity (Wildman–Crippen MR) is 120 cm³/mol. The molecule has 0 unspecified atom stereocenters. The molecule has 29 heavy (non-hydrogen) atoms. The molecule has 0 atom stereocenters. The standard InChI is InChI=1S/C18H15Cl2N5O2S2/c19-11-7-12(20)9-15(8-11)27-6-5-21-18(28)23-14-3-1-13(2-4-14)22-17(26)16-10-29-25-24-16/h1-4,7-10H,5-6H2,(H,22,26)(H2,21,23,28). The Morgan fingerprint density at radius 3 is 2.34 bits per heavy atom. The van der Waals surface area contributed by atoms with Crippen molar-refractivity contribution < 1.29 is 9.53 Å². The lowest BCUT2D eigenvalue weighted by Gasteiger charge is -2.12. The highest BCUT2D eigenvalue weighted by molar-refractivity contribution is 7.80. The molecule has 1 amide bonds. The van der Waals surface area contributed by atoms with Crippen LogP contribution in [0.25, 0.3) is 0 Å². The van der Waals surface area contributed by atoms with Crippen LogP contribution in [0.4, 0.5) is 11.4 Å². The van der Waals surface area contributed by atoms with Crippen LogP contribution < -0.4 is 20.7 Å². The molecule has 0 aliphatic rings. The van der Waals surface area contributed by atoms with E-state index in [1.54, 1.807) is 47.8 Å². The number of benzene rings is 2. The summed E-state index contributed by atoms with van der Waals surface area (Å²) in [4.78, 5) is 11.9. The van der Waals surface area contributed by atoms with Gasteiger partial charge < -0.3 is 20.7 Å². The van der Waals surface area contributed by atoms with Crippen molar-refractivity contribution >= 4 is 69.3 Å². The summed E-state index contributed by atoms with van der Waals surface area (Å²) < 4.78 is 9.25. The van der Waals surface area contributed by atoms with Crippen LogP contribution in [-0.2, 0) is 0 Å². The van der Waals surface area contributed by atoms with E-state index in [2.05, 4.69) is 25.5 Å². The van der Waals surface area contributed by atoms with Gasteiger partial charge in [-0.05, 0) is 66.2 Å². The first-order valence-corrected chi connectivity index (χ1v) is 10.3. The first-order chi connectivity index (χ1) is 14.0. The second kappa shape index (κ2) is 10.4. The van der Waals surface area contributed by atoms with E-state index in [9.17, 15) is 4.79 Å². The minimum Gasteiger partial charge on any atom is -0.492 e. The molecule has 0 aliphatic carbocycles. The number of nitrogens with zero attached hydrogens (tertiary/aromatic N) is 2. The zero-order valence-electron chi connectivity index (χ0n) is 14.8. The fourth-order valence-corrected chi connectivity index (χ4v) is 3.38. The average molecular weight is 468 g/mol. The molecule has 0 saturated heterocycles. The molecule has 1 heterocycles. The summed E-state index contributed by atoms with van der Waals surface area (Å²) in [5, 5.41) is 15.6. The summed E-state index contributed by atoms with van der Waals surface area (Å²) in [6.45, 7) is 0.876. The molecule has 0 spiro atoms. The second-order valence-electron chi connectivity index (χ2n) is 5.66. The molecule has 2 aromatic carbocycles. The van der Waals surface area contributed by atoms with Crippen LogP contribution in [0, 0.1) is 0 Å². The molecule has 0 radical (unpaired) electrons. The zero-order chi connectivity index (χ0) is 20.6. The number of aromatic nitrogens is 2. The molecule has 0 bridgehead atoms. The summed E-state index contributed by atoms with van der Waals surface area (Å²) in [5.74, 6) is 0.284. The number of halogens is 2. The number of ether oxygens (including phenoxy) is 1. The van der Waals surface area contributed by atoms with Gasteiger partial charge in [-0.3, -0.25) is 4.79 Å². The van der Waals surface area contributed by atoms with Gasteiger partial charge in [0.05, 0.1) is 6.54 Å². The molecule has 0 fully saturated rings. The number of thiocarbonyl (C=S) groups is 1. The van der Waals surface area contributed by atoms with Crippen LogP contribution in [-0.4, -0.2) is 33.8 Å². The van der Waals surface area contributed by atoms with Gasteiger partial charge in [0.15, 0.2) is 10.8 Å². The van der Waals surface area contributed by atoms with Crippen molar-refractivity contribution in [3.63, 3.8) is 0 Å². The smallest absolute Gasteiger partial charge is 0.277 e. The Balaban J connectivity index is 1.40. The molecule has 0 saturated carbocycles. The minimum absolute atomic E-state index is 0.282. The third-order valence-electron chi connectivity index (χ3n) is 3.49. The summed E-state index contributed by atoms with van der Waals surface area (Å²) in [7, 11) is 0. The second-order valence-corrected chi connectivity index (χ2v) is 7.55. The number of hydrogen-bond donors (Lipinski definition) is 3. The number of rotatable bonds is 7. The topological polar surface area (TPSA) is 88.2 Å². The van der Waals surface area contributed by atoms with Gasteiger partial charge in [-0.1, -0.05) is 27.7 Å². The van der Waals surface area contributed by atoms with Crippen molar-refractivity contribution in [2.24, 2.45) is 0 Å². The molecule has 11 heteroatoms. The van der Waals surface area contributed by atoms with E-state index in [4.69, 9.17) is 40.2 Å². The van der Waals surface area contributed by atoms with Gasteiger partial charge in [0.1, 0.15) is 12.4 Å². The first-order valence-electron chi connectivity index (χ1n) is 8.32. The lowest BCUT2D eigenvalue weighted by molar-refractivity contribution is 0.102. The lowest BCUT2D eigenvalue weighted by Crippen LogP contribution is -2.31. The summed E-state index contributed by atoms with van der Waals surface area (Å²) in [6.07, 6.45) is 0. The highest BCUT2D eigenvalue weighted by atomic mass is 35.5. The van der Waals surface area contributed by atoms with Crippen molar-refractivity contribution in [2.75, 3.05) is 23.8 Å². The van der Waals surface area contributed by atoms with Crippen molar-refractivity contribution in [1.82, 2.24) is 14.9 Å². The monoisotopic (exact) mass is 467 g/mol. The van der Waals surface area contributed by atoms with Gasteiger partial charge in [-0.15, -0.1) is 5.10 Å². The SMILES string of the molecule is O=C(Nc1ccc(NC(=S)NCCOc2cc(Cl)cc(Cl)c2)cc1)c1csnn1. The van der Waals surface area contributed by atoms with Crippen LogP contribution >= 0.6 is 47.0 Å². The van der Waals surface area contributed by atoms with E-state index in [-0.39, 0.29) is 11.6 Å². The number of nitrogens with one attached hydrogen (secondary N) is 3. The predicted octanol–water partition coefficient (Wildman–Crippen LogP) is 4.46. The molecule has 3 rings (SSSR count). The van der Waals surface area contributed by atoms with Crippen molar-refractivity contribution in [1.29, 1.82) is 0 Å². The normalized spacial score (nSPS) is 10.3. The van der Waals surface area contributed by atoms with Gasteiger partial charge in [0.2, 0.25) is 0 Å². The van der Waals surface area contributed by atoms with Crippen molar-refractivity contribution in [3.8, 4) is 5.75 Å². The maximum Gasteiger partial charge on any atom is 0.277 e. The third kappa shape index (κ3) is 6.82. The molecular formula is C18H15Cl2N5O2S2. The zero-order valence-corrected chi connectivity index (χ0v) is 18.0. The van der Waals surface area contributed by atoms with Crippen LogP contribution in [0.3, 0.4) is 0 Å². The van der Waals surface area contributed by atoms with Crippen molar-refractivity contribution in [2.45, 2.75) is 0 Å². The third-order valence-corrected chi connectivity index (χ3v) is 4.67. The van der Waals surface area contributed by atoms with Gasteiger partial charge in [0.25, 0.3) is 5.91 Å². The fourth-order valence-electron chi connectivity index (χ4n) is 2.22. The molecule has 150 valence electrons. The molecule has 3 N–H and O–H groups in total. The number of anilines is 2. The quantitative estimate of drug-likeness (QED) is 0.349. The van der Waals surface area contributed by atoms with Gasteiger partial charge in [0, 0.05) is 26.8 Å². The van der Waals surface area contributed by atoms with Crippen LogP contribution in [0.2, 0.25) is 10.0 Å². The minimum atomic E-state index is -0.308. The molecule has 0 aliphatic heterocycles. The Morgan fingerprint density at radius 2 is 1.72 bits per heavy atom. The number of amides is 1. The maximum atomic E-state index is 11.9. The van der Waals surface area contributed by atoms with E-state index < -0.39 is 0 Å². The van der Waals surface area contributed by atoms with Crippen LogP contribution in [0.1, 0.15) is 10.5 Å². The van der Waals surface area contributed by atoms with E-state index in [1.807, 2.05) is 0 Å².